The van der Waals surface area contributed by atoms with E-state index < -0.39 is 10.0 Å². The molecular weight excluding hydrogens is 482 g/mol. The first-order valence-corrected chi connectivity index (χ1v) is 13.6. The molecule has 0 amide bonds. The first-order valence-electron chi connectivity index (χ1n) is 12.1. The molecule has 4 aromatic carbocycles. The van der Waals surface area contributed by atoms with E-state index in [1.54, 1.807) is 24.3 Å². The molecule has 0 unspecified atom stereocenters. The zero-order valence-corrected chi connectivity index (χ0v) is 21.3. The second kappa shape index (κ2) is 8.90. The summed E-state index contributed by atoms with van der Waals surface area (Å²) in [7, 11) is -3.87. The molecule has 8 heteroatoms. The lowest BCUT2D eigenvalue weighted by atomic mass is 10.1. The number of nitrogens with zero attached hydrogens (tertiary/aromatic N) is 3. The Morgan fingerprint density at radius 2 is 1.41 bits per heavy atom. The van der Waals surface area contributed by atoms with E-state index >= 15 is 0 Å². The maximum Gasteiger partial charge on any atom is 0.263 e. The zero-order chi connectivity index (χ0) is 25.6. The fraction of sp³-hybridized carbons (Fsp3) is 0.103. The second-order valence-corrected chi connectivity index (χ2v) is 10.6. The van der Waals surface area contributed by atoms with Gasteiger partial charge in [-0.25, -0.2) is 18.4 Å². The summed E-state index contributed by atoms with van der Waals surface area (Å²) in [6.07, 6.45) is 0. The van der Waals surface area contributed by atoms with E-state index in [-0.39, 0.29) is 10.7 Å². The summed E-state index contributed by atoms with van der Waals surface area (Å²) in [4.78, 5) is 9.49. The number of hydrogen-bond donors (Lipinski definition) is 2. The van der Waals surface area contributed by atoms with Gasteiger partial charge in [0.1, 0.15) is 0 Å². The number of nitrogens with one attached hydrogen (secondary N) is 2. The predicted molar refractivity (Wildman–Crippen MR) is 150 cm³/mol. The van der Waals surface area contributed by atoms with Gasteiger partial charge in [-0.3, -0.25) is 4.72 Å². The smallest absolute Gasteiger partial charge is 0.263 e. The van der Waals surface area contributed by atoms with Crippen LogP contribution in [0.15, 0.2) is 95.9 Å². The summed E-state index contributed by atoms with van der Waals surface area (Å²) >= 11 is 0. The third-order valence-corrected chi connectivity index (χ3v) is 7.84. The van der Waals surface area contributed by atoms with Crippen molar-refractivity contribution >= 4 is 60.2 Å². The Labute approximate surface area is 214 Å². The number of aryl methyl sites for hydroxylation is 2. The highest BCUT2D eigenvalue weighted by atomic mass is 32.2. The van der Waals surface area contributed by atoms with Crippen LogP contribution in [-0.4, -0.2) is 23.0 Å². The van der Waals surface area contributed by atoms with Gasteiger partial charge in [-0.15, -0.1) is 0 Å². The molecule has 184 valence electrons. The van der Waals surface area contributed by atoms with Crippen molar-refractivity contribution in [1.29, 1.82) is 0 Å². The van der Waals surface area contributed by atoms with E-state index in [0.29, 0.717) is 16.9 Å². The summed E-state index contributed by atoms with van der Waals surface area (Å²) in [6.45, 7) is 4.86. The van der Waals surface area contributed by atoms with Gasteiger partial charge in [0, 0.05) is 28.5 Å². The molecule has 6 rings (SSSR count). The normalized spacial score (nSPS) is 11.8. The topological polar surface area (TPSA) is 88.9 Å². The molecule has 0 fully saturated rings. The summed E-state index contributed by atoms with van der Waals surface area (Å²) < 4.78 is 31.3. The molecule has 2 aromatic heterocycles. The molecular formula is C29H25N5O2S. The molecule has 0 aliphatic heterocycles. The summed E-state index contributed by atoms with van der Waals surface area (Å²) in [5.41, 5.74) is 5.28. The average Bonchev–Trinajstić information content (AvgIpc) is 3.22. The minimum atomic E-state index is -3.87. The number of para-hydroxylation sites is 3. The lowest BCUT2D eigenvalue weighted by Gasteiger charge is -2.14. The van der Waals surface area contributed by atoms with Gasteiger partial charge < -0.3 is 9.88 Å². The van der Waals surface area contributed by atoms with Crippen LogP contribution in [0.3, 0.4) is 0 Å². The number of aromatic nitrogens is 3. The van der Waals surface area contributed by atoms with E-state index in [0.717, 1.165) is 28.7 Å². The van der Waals surface area contributed by atoms with E-state index in [2.05, 4.69) is 50.8 Å². The molecule has 0 spiro atoms. The number of sulfonamides is 1. The molecule has 7 nitrogen and oxygen atoms in total. The van der Waals surface area contributed by atoms with E-state index in [1.165, 1.54) is 10.9 Å². The van der Waals surface area contributed by atoms with Crippen LogP contribution in [0, 0.1) is 6.92 Å². The van der Waals surface area contributed by atoms with Crippen LogP contribution in [-0.2, 0) is 16.6 Å². The monoisotopic (exact) mass is 507 g/mol. The first-order chi connectivity index (χ1) is 17.9. The van der Waals surface area contributed by atoms with Crippen LogP contribution in [0.1, 0.15) is 12.5 Å². The van der Waals surface area contributed by atoms with Crippen LogP contribution in [0.5, 0.6) is 0 Å². The Morgan fingerprint density at radius 1 is 0.757 bits per heavy atom. The third-order valence-electron chi connectivity index (χ3n) is 6.49. The van der Waals surface area contributed by atoms with Crippen molar-refractivity contribution in [3.05, 3.63) is 96.6 Å². The Balaban J connectivity index is 1.45. The highest BCUT2D eigenvalue weighted by Gasteiger charge is 2.19. The minimum absolute atomic E-state index is 0.135. The minimum Gasteiger partial charge on any atom is -0.341 e. The van der Waals surface area contributed by atoms with Gasteiger partial charge in [0.2, 0.25) is 0 Å². The number of rotatable bonds is 6. The van der Waals surface area contributed by atoms with Crippen LogP contribution < -0.4 is 10.0 Å². The van der Waals surface area contributed by atoms with Gasteiger partial charge >= 0.3 is 0 Å². The van der Waals surface area contributed by atoms with E-state index in [9.17, 15) is 8.42 Å². The fourth-order valence-electron chi connectivity index (χ4n) is 4.67. The summed E-state index contributed by atoms with van der Waals surface area (Å²) in [5.74, 6) is 0.461. The van der Waals surface area contributed by atoms with Crippen molar-refractivity contribution in [2.24, 2.45) is 0 Å². The lowest BCUT2D eigenvalue weighted by molar-refractivity contribution is 0.601. The number of fused-ring (bicyclic) bond motifs is 4. The number of anilines is 3. The van der Waals surface area contributed by atoms with E-state index in [1.807, 2.05) is 49.4 Å². The molecule has 0 bridgehead atoms. The number of benzene rings is 4. The largest absolute Gasteiger partial charge is 0.341 e. The van der Waals surface area contributed by atoms with Gasteiger partial charge in [-0.2, -0.15) is 0 Å². The van der Waals surface area contributed by atoms with Gasteiger partial charge in [0.05, 0.1) is 21.4 Å². The van der Waals surface area contributed by atoms with Crippen LogP contribution in [0.4, 0.5) is 17.3 Å². The van der Waals surface area contributed by atoms with Crippen molar-refractivity contribution in [2.75, 3.05) is 10.0 Å². The maximum atomic E-state index is 13.2. The Bertz CT molecular complexity index is 1890. The third kappa shape index (κ3) is 4.15. The maximum absolute atomic E-state index is 13.2. The van der Waals surface area contributed by atoms with Gasteiger partial charge in [-0.05, 0) is 56.3 Å². The average molecular weight is 508 g/mol. The summed E-state index contributed by atoms with van der Waals surface area (Å²) in [5, 5.41) is 5.68. The lowest BCUT2D eigenvalue weighted by Crippen LogP contribution is -2.16. The quantitative estimate of drug-likeness (QED) is 0.265. The Morgan fingerprint density at radius 3 is 2.14 bits per heavy atom. The van der Waals surface area contributed by atoms with Gasteiger partial charge in [-0.1, -0.05) is 54.1 Å². The van der Waals surface area contributed by atoms with Crippen molar-refractivity contribution < 1.29 is 8.42 Å². The Hall–Kier alpha value is -4.43. The van der Waals surface area contributed by atoms with Crippen molar-refractivity contribution in [1.82, 2.24) is 14.5 Å². The van der Waals surface area contributed by atoms with Crippen LogP contribution >= 0.6 is 0 Å². The van der Waals surface area contributed by atoms with Gasteiger partial charge in [0.15, 0.2) is 11.6 Å². The van der Waals surface area contributed by atoms with Crippen LogP contribution in [0.2, 0.25) is 0 Å². The zero-order valence-electron chi connectivity index (χ0n) is 20.4. The van der Waals surface area contributed by atoms with Crippen molar-refractivity contribution in [3.8, 4) is 0 Å². The molecule has 2 N–H and O–H groups in total. The molecule has 2 heterocycles. The SMILES string of the molecule is CCn1c2ccccc2c2ccc(Nc3nc4ccccc4nc3NS(=O)(=O)c3ccc(C)cc3)cc21. The summed E-state index contributed by atoms with van der Waals surface area (Å²) in [6, 6.07) is 28.5. The fourth-order valence-corrected chi connectivity index (χ4v) is 5.68. The second-order valence-electron chi connectivity index (χ2n) is 8.95. The van der Waals surface area contributed by atoms with Crippen LogP contribution in [0.25, 0.3) is 32.8 Å². The molecule has 6 aromatic rings. The molecule has 0 radical (unpaired) electrons. The molecule has 37 heavy (non-hydrogen) atoms. The van der Waals surface area contributed by atoms with E-state index in [4.69, 9.17) is 4.98 Å². The molecule has 0 saturated carbocycles. The Kier molecular flexibility index (Phi) is 5.53. The van der Waals surface area contributed by atoms with Crippen molar-refractivity contribution in [3.63, 3.8) is 0 Å². The number of hydrogen-bond acceptors (Lipinski definition) is 5. The standard InChI is InChI=1S/C29H25N5O2S/c1-3-34-26-11-7-4-8-22(26)23-17-14-20(18-27(23)34)30-28-29(32-25-10-6-5-9-24(25)31-28)33-37(35,36)21-15-12-19(2)13-16-21/h4-18H,3H2,1-2H3,(H,30,31)(H,32,33). The van der Waals surface area contributed by atoms with Crippen molar-refractivity contribution in [2.45, 2.75) is 25.3 Å². The van der Waals surface area contributed by atoms with Gasteiger partial charge in [0.25, 0.3) is 10.0 Å². The molecule has 0 aliphatic rings. The highest BCUT2D eigenvalue weighted by molar-refractivity contribution is 7.92. The first kappa shape index (κ1) is 23.0. The predicted octanol–water partition coefficient (Wildman–Crippen LogP) is 6.61. The molecule has 0 aliphatic carbocycles. The molecule has 0 atom stereocenters. The molecule has 0 saturated heterocycles. The highest BCUT2D eigenvalue weighted by Crippen LogP contribution is 2.33.